The van der Waals surface area contributed by atoms with E-state index >= 15 is 0 Å². The number of carbonyl (C=O) groups is 1. The lowest BCUT2D eigenvalue weighted by Crippen LogP contribution is -2.46. The van der Waals surface area contributed by atoms with E-state index in [9.17, 15) is 4.79 Å². The first-order valence-electron chi connectivity index (χ1n) is 3.84. The van der Waals surface area contributed by atoms with E-state index in [0.717, 1.165) is 5.56 Å². The highest BCUT2D eigenvalue weighted by Gasteiger charge is 2.28. The number of amides is 1. The van der Waals surface area contributed by atoms with Crippen LogP contribution in [-0.2, 0) is 4.79 Å². The normalized spacial score (nSPS) is 21.3. The largest absolute Gasteiger partial charge is 0.508 e. The van der Waals surface area contributed by atoms with Crippen molar-refractivity contribution < 1.29 is 9.90 Å². The molecule has 0 spiro atoms. The topological polar surface area (TPSA) is 49.3 Å². The number of carbonyl (C=O) groups excluding carboxylic acids is 1. The number of phenolic OH excluding ortho intramolecular Hbond substituents is 1. The van der Waals surface area contributed by atoms with Crippen LogP contribution >= 0.6 is 0 Å². The van der Waals surface area contributed by atoms with Crippen molar-refractivity contribution in [1.82, 2.24) is 5.32 Å². The molecule has 3 nitrogen and oxygen atoms in total. The second-order valence-corrected chi connectivity index (χ2v) is 2.89. The molecule has 0 aromatic heterocycles. The molecule has 0 radical (unpaired) electrons. The van der Waals surface area contributed by atoms with Crippen LogP contribution in [0.3, 0.4) is 0 Å². The van der Waals surface area contributed by atoms with Crippen molar-refractivity contribution in [3.05, 3.63) is 29.8 Å². The van der Waals surface area contributed by atoms with Gasteiger partial charge in [-0.05, 0) is 17.7 Å². The Balaban J connectivity index is 2.23. The molecule has 1 saturated heterocycles. The Hall–Kier alpha value is -1.51. The highest BCUT2D eigenvalue weighted by Crippen LogP contribution is 2.22. The van der Waals surface area contributed by atoms with E-state index in [-0.39, 0.29) is 17.6 Å². The van der Waals surface area contributed by atoms with Crippen LogP contribution in [0.5, 0.6) is 5.75 Å². The number of aromatic hydroxyl groups is 1. The van der Waals surface area contributed by atoms with E-state index in [1.54, 1.807) is 24.3 Å². The Kier molecular flexibility index (Phi) is 1.50. The van der Waals surface area contributed by atoms with Crippen LogP contribution in [0.15, 0.2) is 24.3 Å². The minimum atomic E-state index is -0.00870. The molecule has 1 amide bonds. The zero-order valence-corrected chi connectivity index (χ0v) is 6.45. The van der Waals surface area contributed by atoms with Crippen LogP contribution in [0.1, 0.15) is 11.5 Å². The molecule has 0 bridgehead atoms. The Labute approximate surface area is 70.0 Å². The van der Waals surface area contributed by atoms with E-state index in [4.69, 9.17) is 5.11 Å². The summed E-state index contributed by atoms with van der Waals surface area (Å²) in [5.74, 6) is 0.296. The summed E-state index contributed by atoms with van der Waals surface area (Å²) in [6, 6.07) is 6.75. The SMILES string of the molecule is O=C1NCC1c1ccc(O)cc1. The van der Waals surface area contributed by atoms with Crippen LogP contribution in [0.25, 0.3) is 0 Å². The number of benzene rings is 1. The first kappa shape index (κ1) is 7.16. The summed E-state index contributed by atoms with van der Waals surface area (Å²) in [7, 11) is 0. The number of nitrogens with one attached hydrogen (secondary N) is 1. The van der Waals surface area contributed by atoms with Gasteiger partial charge in [0.25, 0.3) is 0 Å². The molecule has 1 aliphatic heterocycles. The number of hydrogen-bond donors (Lipinski definition) is 2. The van der Waals surface area contributed by atoms with E-state index in [2.05, 4.69) is 5.32 Å². The second-order valence-electron chi connectivity index (χ2n) is 2.89. The Morgan fingerprint density at radius 1 is 1.33 bits per heavy atom. The molecule has 62 valence electrons. The average molecular weight is 163 g/mol. The standard InChI is InChI=1S/C9H9NO2/c11-7-3-1-6(2-4-7)8-5-10-9(8)12/h1-4,8,11H,5H2,(H,10,12). The molecule has 3 heteroatoms. The quantitative estimate of drug-likeness (QED) is 0.596. The lowest BCUT2D eigenvalue weighted by atomic mass is 9.93. The van der Waals surface area contributed by atoms with Crippen molar-refractivity contribution in [3.8, 4) is 5.75 Å². The Morgan fingerprint density at radius 2 is 2.00 bits per heavy atom. The van der Waals surface area contributed by atoms with Gasteiger partial charge < -0.3 is 10.4 Å². The summed E-state index contributed by atoms with van der Waals surface area (Å²) in [5, 5.41) is 11.7. The maximum Gasteiger partial charge on any atom is 0.229 e. The van der Waals surface area contributed by atoms with Crippen molar-refractivity contribution in [2.45, 2.75) is 5.92 Å². The number of hydrogen-bond acceptors (Lipinski definition) is 2. The van der Waals surface area contributed by atoms with Gasteiger partial charge in [-0.3, -0.25) is 4.79 Å². The van der Waals surface area contributed by atoms with Crippen LogP contribution in [0, 0.1) is 0 Å². The monoisotopic (exact) mass is 163 g/mol. The lowest BCUT2D eigenvalue weighted by molar-refractivity contribution is -0.127. The third-order valence-electron chi connectivity index (χ3n) is 2.09. The molecule has 0 aliphatic carbocycles. The maximum atomic E-state index is 10.9. The fraction of sp³-hybridized carbons (Fsp3) is 0.222. The zero-order valence-electron chi connectivity index (χ0n) is 6.45. The van der Waals surface area contributed by atoms with Crippen LogP contribution in [0.4, 0.5) is 0 Å². The highest BCUT2D eigenvalue weighted by molar-refractivity contribution is 5.89. The molecular formula is C9H9NO2. The molecule has 1 aliphatic rings. The number of β-lactam (4-membered cyclic amide) rings is 1. The molecule has 2 rings (SSSR count). The van der Waals surface area contributed by atoms with Crippen LogP contribution < -0.4 is 5.32 Å². The predicted molar refractivity (Wildman–Crippen MR) is 43.9 cm³/mol. The van der Waals surface area contributed by atoms with E-state index in [1.165, 1.54) is 0 Å². The van der Waals surface area contributed by atoms with Crippen molar-refractivity contribution in [2.24, 2.45) is 0 Å². The lowest BCUT2D eigenvalue weighted by Gasteiger charge is -2.26. The molecule has 12 heavy (non-hydrogen) atoms. The summed E-state index contributed by atoms with van der Waals surface area (Å²) >= 11 is 0. The summed E-state index contributed by atoms with van der Waals surface area (Å²) in [5.41, 5.74) is 0.969. The van der Waals surface area contributed by atoms with Gasteiger partial charge in [-0.2, -0.15) is 0 Å². The molecule has 2 N–H and O–H groups in total. The fourth-order valence-corrected chi connectivity index (χ4v) is 1.26. The van der Waals surface area contributed by atoms with Gasteiger partial charge in [-0.1, -0.05) is 12.1 Å². The summed E-state index contributed by atoms with van der Waals surface area (Å²) in [6.45, 7) is 0.712. The summed E-state index contributed by atoms with van der Waals surface area (Å²) in [4.78, 5) is 10.9. The Bertz CT molecular complexity index is 305. The van der Waals surface area contributed by atoms with E-state index in [0.29, 0.717) is 6.54 Å². The number of phenols is 1. The first-order chi connectivity index (χ1) is 5.77. The van der Waals surface area contributed by atoms with Gasteiger partial charge >= 0.3 is 0 Å². The van der Waals surface area contributed by atoms with Gasteiger partial charge in [0.1, 0.15) is 5.75 Å². The fourth-order valence-electron chi connectivity index (χ4n) is 1.26. The van der Waals surface area contributed by atoms with E-state index < -0.39 is 0 Å². The minimum Gasteiger partial charge on any atom is -0.508 e. The smallest absolute Gasteiger partial charge is 0.229 e. The average Bonchev–Trinajstić information content (AvgIpc) is 2.06. The van der Waals surface area contributed by atoms with Gasteiger partial charge in [0.15, 0.2) is 0 Å². The van der Waals surface area contributed by atoms with Crippen LogP contribution in [-0.4, -0.2) is 17.6 Å². The van der Waals surface area contributed by atoms with Gasteiger partial charge in [0.2, 0.25) is 5.91 Å². The minimum absolute atomic E-state index is 0.00870. The molecular weight excluding hydrogens is 154 g/mol. The van der Waals surface area contributed by atoms with Crippen molar-refractivity contribution >= 4 is 5.91 Å². The van der Waals surface area contributed by atoms with Crippen molar-refractivity contribution in [1.29, 1.82) is 0 Å². The molecule has 1 heterocycles. The zero-order chi connectivity index (χ0) is 8.55. The second kappa shape index (κ2) is 2.52. The van der Waals surface area contributed by atoms with E-state index in [1.807, 2.05) is 0 Å². The summed E-state index contributed by atoms with van der Waals surface area (Å²) < 4.78 is 0. The third-order valence-corrected chi connectivity index (χ3v) is 2.09. The molecule has 1 fully saturated rings. The first-order valence-corrected chi connectivity index (χ1v) is 3.84. The Morgan fingerprint density at radius 3 is 2.42 bits per heavy atom. The molecule has 0 saturated carbocycles. The van der Waals surface area contributed by atoms with Crippen molar-refractivity contribution in [3.63, 3.8) is 0 Å². The molecule has 1 aromatic rings. The molecule has 1 atom stereocenters. The van der Waals surface area contributed by atoms with Crippen LogP contribution in [0.2, 0.25) is 0 Å². The summed E-state index contributed by atoms with van der Waals surface area (Å²) in [6.07, 6.45) is 0. The van der Waals surface area contributed by atoms with Gasteiger partial charge in [0, 0.05) is 6.54 Å². The molecule has 1 aromatic carbocycles. The maximum absolute atomic E-state index is 10.9. The van der Waals surface area contributed by atoms with Gasteiger partial charge in [0.05, 0.1) is 5.92 Å². The third kappa shape index (κ3) is 1.03. The molecule has 1 unspecified atom stereocenters. The van der Waals surface area contributed by atoms with Gasteiger partial charge in [-0.25, -0.2) is 0 Å². The number of rotatable bonds is 1. The predicted octanol–water partition coefficient (Wildman–Crippen LogP) is 0.606. The highest BCUT2D eigenvalue weighted by atomic mass is 16.3. The van der Waals surface area contributed by atoms with Crippen molar-refractivity contribution in [2.75, 3.05) is 6.54 Å². The van der Waals surface area contributed by atoms with Gasteiger partial charge in [-0.15, -0.1) is 0 Å².